The molecule has 0 atom stereocenters. The summed E-state index contributed by atoms with van der Waals surface area (Å²) >= 11 is 0. The summed E-state index contributed by atoms with van der Waals surface area (Å²) in [5, 5.41) is 9.89. The number of nitrogens with two attached hydrogens (primary N) is 1. The van der Waals surface area contributed by atoms with Crippen LogP contribution in [-0.4, -0.2) is 18.2 Å². The third-order valence-electron chi connectivity index (χ3n) is 0.643. The number of allylic oxidation sites excluding steroid dienone is 1. The quantitative estimate of drug-likeness (QED) is 0.317. The predicted molar refractivity (Wildman–Crippen MR) is 33.7 cm³/mol. The zero-order valence-electron chi connectivity index (χ0n) is 4.94. The molecule has 50 valence electrons. The smallest absolute Gasteiger partial charge is 0.302 e. The molecule has 0 aliphatic heterocycles. The van der Waals surface area contributed by atoms with Crippen LogP contribution in [0, 0.1) is 10.1 Å². The third-order valence-corrected chi connectivity index (χ3v) is 0.643. The monoisotopic (exact) mass is 129 g/mol. The molecule has 0 spiro atoms. The van der Waals surface area contributed by atoms with Crippen molar-refractivity contribution in [3.05, 3.63) is 22.0 Å². The Kier molecular flexibility index (Phi) is 3.04. The van der Waals surface area contributed by atoms with E-state index < -0.39 is 4.92 Å². The summed E-state index contributed by atoms with van der Waals surface area (Å²) in [4.78, 5) is 12.7. The highest BCUT2D eigenvalue weighted by Gasteiger charge is 2.02. The maximum atomic E-state index is 9.89. The van der Waals surface area contributed by atoms with Gasteiger partial charge >= 0.3 is 5.70 Å². The Morgan fingerprint density at radius 3 is 2.56 bits per heavy atom. The van der Waals surface area contributed by atoms with Gasteiger partial charge in [0.1, 0.15) is 6.21 Å². The van der Waals surface area contributed by atoms with E-state index in [1.165, 1.54) is 7.05 Å². The normalized spacial score (nSPS) is 12.3. The second-order valence-corrected chi connectivity index (χ2v) is 1.24. The van der Waals surface area contributed by atoms with Crippen LogP contribution >= 0.6 is 0 Å². The fourth-order valence-electron chi connectivity index (χ4n) is 0.283. The number of rotatable bonds is 2. The molecule has 0 saturated heterocycles. The van der Waals surface area contributed by atoms with Crippen molar-refractivity contribution in [2.75, 3.05) is 7.05 Å². The minimum atomic E-state index is -0.604. The first-order valence-corrected chi connectivity index (χ1v) is 2.20. The molecular formula is C4H7N3O2. The second-order valence-electron chi connectivity index (χ2n) is 1.24. The van der Waals surface area contributed by atoms with Crippen LogP contribution in [-0.2, 0) is 0 Å². The van der Waals surface area contributed by atoms with Gasteiger partial charge in [0.15, 0.2) is 0 Å². The van der Waals surface area contributed by atoms with Crippen LogP contribution in [0.4, 0.5) is 0 Å². The number of nitro groups is 1. The van der Waals surface area contributed by atoms with Crippen molar-refractivity contribution in [2.45, 2.75) is 0 Å². The van der Waals surface area contributed by atoms with Gasteiger partial charge in [-0.25, -0.2) is 0 Å². The van der Waals surface area contributed by atoms with Gasteiger partial charge in [-0.1, -0.05) is 0 Å². The van der Waals surface area contributed by atoms with Crippen LogP contribution in [0.3, 0.4) is 0 Å². The molecule has 0 aromatic heterocycles. The maximum Gasteiger partial charge on any atom is 0.302 e. The average Bonchev–Trinajstić information content (AvgIpc) is 1.82. The van der Waals surface area contributed by atoms with Gasteiger partial charge in [-0.2, -0.15) is 0 Å². The summed E-state index contributed by atoms with van der Waals surface area (Å²) in [6, 6.07) is 0. The lowest BCUT2D eigenvalue weighted by molar-refractivity contribution is -0.414. The van der Waals surface area contributed by atoms with Gasteiger partial charge < -0.3 is 5.73 Å². The Labute approximate surface area is 52.0 Å². The third kappa shape index (κ3) is 2.43. The van der Waals surface area contributed by atoms with Crippen LogP contribution in [0.1, 0.15) is 0 Å². The fourth-order valence-corrected chi connectivity index (χ4v) is 0.283. The fraction of sp³-hybridized carbons (Fsp3) is 0.250. The molecule has 0 saturated carbocycles. The largest absolute Gasteiger partial charge is 0.399 e. The minimum Gasteiger partial charge on any atom is -0.399 e. The Hall–Kier alpha value is -1.39. The Morgan fingerprint density at radius 1 is 1.89 bits per heavy atom. The van der Waals surface area contributed by atoms with Crippen molar-refractivity contribution in [1.82, 2.24) is 0 Å². The van der Waals surface area contributed by atoms with Crippen molar-refractivity contribution < 1.29 is 4.92 Å². The van der Waals surface area contributed by atoms with Crippen molar-refractivity contribution >= 4 is 6.21 Å². The average molecular weight is 129 g/mol. The molecule has 0 amide bonds. The van der Waals surface area contributed by atoms with Crippen LogP contribution in [0.15, 0.2) is 16.9 Å². The highest BCUT2D eigenvalue weighted by Crippen LogP contribution is 1.85. The van der Waals surface area contributed by atoms with Crippen LogP contribution in [0.25, 0.3) is 0 Å². The molecule has 0 aliphatic carbocycles. The molecular weight excluding hydrogens is 122 g/mol. The van der Waals surface area contributed by atoms with E-state index in [1.807, 2.05) is 0 Å². The zero-order chi connectivity index (χ0) is 7.28. The van der Waals surface area contributed by atoms with Crippen molar-refractivity contribution in [1.29, 1.82) is 0 Å². The highest BCUT2D eigenvalue weighted by atomic mass is 16.6. The van der Waals surface area contributed by atoms with Gasteiger partial charge in [-0.3, -0.25) is 15.1 Å². The first kappa shape index (κ1) is 7.61. The molecule has 0 fully saturated rings. The lowest BCUT2D eigenvalue weighted by Crippen LogP contribution is -2.02. The maximum absolute atomic E-state index is 9.89. The Bertz CT molecular complexity index is 161. The van der Waals surface area contributed by atoms with Gasteiger partial charge in [0.25, 0.3) is 0 Å². The van der Waals surface area contributed by atoms with Crippen LogP contribution in [0.5, 0.6) is 0 Å². The number of nitrogens with zero attached hydrogens (tertiary/aromatic N) is 2. The van der Waals surface area contributed by atoms with E-state index in [-0.39, 0.29) is 5.70 Å². The van der Waals surface area contributed by atoms with E-state index in [9.17, 15) is 10.1 Å². The van der Waals surface area contributed by atoms with E-state index in [0.717, 1.165) is 12.4 Å². The molecule has 9 heavy (non-hydrogen) atoms. The van der Waals surface area contributed by atoms with Gasteiger partial charge in [-0.15, -0.1) is 0 Å². The van der Waals surface area contributed by atoms with Crippen molar-refractivity contribution in [2.24, 2.45) is 10.7 Å². The predicted octanol–water partition coefficient (Wildman–Crippen LogP) is -0.236. The first-order chi connectivity index (χ1) is 4.22. The molecule has 0 heterocycles. The second kappa shape index (κ2) is 3.59. The minimum absolute atomic E-state index is 0.197. The standard InChI is InChI=1S/C4H7N3O2/c1-6-3-4(2-5)7(8)9/h2-3H,5H2,1H3/b4-2+,6-3?. The molecule has 0 rings (SSSR count). The van der Waals surface area contributed by atoms with Crippen LogP contribution in [0.2, 0.25) is 0 Å². The number of hydrogen-bond acceptors (Lipinski definition) is 4. The Balaban J connectivity index is 4.19. The van der Waals surface area contributed by atoms with Gasteiger partial charge in [0, 0.05) is 7.05 Å². The SMILES string of the molecule is CN=C/C(=C\N)[N+](=O)[O-]. The highest BCUT2D eigenvalue weighted by molar-refractivity contribution is 5.74. The molecule has 0 unspecified atom stereocenters. The molecule has 5 heteroatoms. The molecule has 0 bridgehead atoms. The summed E-state index contributed by atoms with van der Waals surface area (Å²) in [6.45, 7) is 0. The molecule has 5 nitrogen and oxygen atoms in total. The van der Waals surface area contributed by atoms with E-state index in [1.54, 1.807) is 0 Å². The van der Waals surface area contributed by atoms with Crippen molar-refractivity contribution in [3.63, 3.8) is 0 Å². The van der Waals surface area contributed by atoms with Gasteiger partial charge in [0.2, 0.25) is 0 Å². The van der Waals surface area contributed by atoms with E-state index >= 15 is 0 Å². The van der Waals surface area contributed by atoms with Gasteiger partial charge in [-0.05, 0) is 0 Å². The molecule has 0 aromatic rings. The molecule has 0 radical (unpaired) electrons. The number of hydrogen-bond donors (Lipinski definition) is 1. The molecule has 0 aromatic carbocycles. The summed E-state index contributed by atoms with van der Waals surface area (Å²) in [5.74, 6) is 0. The molecule has 2 N–H and O–H groups in total. The van der Waals surface area contributed by atoms with Crippen LogP contribution < -0.4 is 5.73 Å². The van der Waals surface area contributed by atoms with E-state index in [0.29, 0.717) is 0 Å². The first-order valence-electron chi connectivity index (χ1n) is 2.20. The summed E-state index contributed by atoms with van der Waals surface area (Å²) in [6.07, 6.45) is 1.98. The number of aliphatic imine (C=N–C) groups is 1. The lowest BCUT2D eigenvalue weighted by atomic mass is 10.5. The topological polar surface area (TPSA) is 81.5 Å². The summed E-state index contributed by atoms with van der Waals surface area (Å²) < 4.78 is 0. The molecule has 0 aliphatic rings. The summed E-state index contributed by atoms with van der Waals surface area (Å²) in [5.41, 5.74) is 4.67. The van der Waals surface area contributed by atoms with E-state index in [2.05, 4.69) is 4.99 Å². The Morgan fingerprint density at radius 2 is 2.44 bits per heavy atom. The zero-order valence-corrected chi connectivity index (χ0v) is 4.94. The van der Waals surface area contributed by atoms with Gasteiger partial charge in [0.05, 0.1) is 11.1 Å². The lowest BCUT2D eigenvalue weighted by Gasteiger charge is -1.84. The van der Waals surface area contributed by atoms with E-state index in [4.69, 9.17) is 5.73 Å². The summed E-state index contributed by atoms with van der Waals surface area (Å²) in [7, 11) is 1.44. The van der Waals surface area contributed by atoms with Crippen molar-refractivity contribution in [3.8, 4) is 0 Å².